The zero-order chi connectivity index (χ0) is 12.5. The van der Waals surface area contributed by atoms with E-state index in [1.165, 1.54) is 0 Å². The standard InChI is InChI=1S/C13H18ClNO2/c1-3-16-13(17-4-2)10-15-9-11-5-7-12(14)8-6-11/h5-9,13H,3-4,10H2,1-2H3. The van der Waals surface area contributed by atoms with Gasteiger partial charge in [0, 0.05) is 24.5 Å². The van der Waals surface area contributed by atoms with E-state index in [1.807, 2.05) is 38.1 Å². The SMILES string of the molecule is CCOC(CN=Cc1ccc(Cl)cc1)OCC. The lowest BCUT2D eigenvalue weighted by atomic mass is 10.2. The van der Waals surface area contributed by atoms with Crippen LogP contribution in [0.15, 0.2) is 29.3 Å². The van der Waals surface area contributed by atoms with Crippen LogP contribution in [0.5, 0.6) is 0 Å². The second-order valence-electron chi connectivity index (χ2n) is 3.39. The van der Waals surface area contributed by atoms with Crippen molar-refractivity contribution in [1.29, 1.82) is 0 Å². The molecule has 0 amide bonds. The summed E-state index contributed by atoms with van der Waals surface area (Å²) in [6, 6.07) is 7.52. The van der Waals surface area contributed by atoms with Crippen LogP contribution in [-0.4, -0.2) is 32.3 Å². The summed E-state index contributed by atoms with van der Waals surface area (Å²) in [4.78, 5) is 4.29. The molecule has 3 nitrogen and oxygen atoms in total. The van der Waals surface area contributed by atoms with E-state index < -0.39 is 0 Å². The van der Waals surface area contributed by atoms with Gasteiger partial charge in [-0.3, -0.25) is 4.99 Å². The van der Waals surface area contributed by atoms with Crippen molar-refractivity contribution in [1.82, 2.24) is 0 Å². The Balaban J connectivity index is 2.44. The second kappa shape index (κ2) is 8.23. The first-order valence-corrected chi connectivity index (χ1v) is 6.12. The maximum atomic E-state index is 5.79. The molecule has 1 rings (SSSR count). The predicted molar refractivity (Wildman–Crippen MR) is 71.0 cm³/mol. The van der Waals surface area contributed by atoms with E-state index >= 15 is 0 Å². The highest BCUT2D eigenvalue weighted by molar-refractivity contribution is 6.30. The normalized spacial score (nSPS) is 11.5. The minimum Gasteiger partial charge on any atom is -0.351 e. The first-order chi connectivity index (χ1) is 8.26. The lowest BCUT2D eigenvalue weighted by molar-refractivity contribution is -0.128. The van der Waals surface area contributed by atoms with Gasteiger partial charge in [0.15, 0.2) is 6.29 Å². The molecule has 0 spiro atoms. The van der Waals surface area contributed by atoms with E-state index in [0.29, 0.717) is 19.8 Å². The van der Waals surface area contributed by atoms with Crippen LogP contribution in [0.2, 0.25) is 5.02 Å². The van der Waals surface area contributed by atoms with Crippen LogP contribution in [-0.2, 0) is 9.47 Å². The van der Waals surface area contributed by atoms with Crippen LogP contribution < -0.4 is 0 Å². The van der Waals surface area contributed by atoms with Gasteiger partial charge in [0.25, 0.3) is 0 Å². The van der Waals surface area contributed by atoms with Crippen LogP contribution in [0.1, 0.15) is 19.4 Å². The van der Waals surface area contributed by atoms with Gasteiger partial charge in [-0.2, -0.15) is 0 Å². The molecule has 0 N–H and O–H groups in total. The van der Waals surface area contributed by atoms with Crippen LogP contribution >= 0.6 is 11.6 Å². The summed E-state index contributed by atoms with van der Waals surface area (Å²) in [5, 5.41) is 0.726. The maximum absolute atomic E-state index is 5.79. The molecule has 0 radical (unpaired) electrons. The average molecular weight is 256 g/mol. The Kier molecular flexibility index (Phi) is 6.86. The summed E-state index contributed by atoms with van der Waals surface area (Å²) in [5.41, 5.74) is 1.01. The average Bonchev–Trinajstić information content (AvgIpc) is 2.32. The zero-order valence-electron chi connectivity index (χ0n) is 10.2. The number of hydrogen-bond donors (Lipinski definition) is 0. The van der Waals surface area contributed by atoms with Crippen LogP contribution in [0, 0.1) is 0 Å². The Hall–Kier alpha value is -0.900. The van der Waals surface area contributed by atoms with Crippen molar-refractivity contribution in [3.63, 3.8) is 0 Å². The molecule has 4 heteroatoms. The summed E-state index contributed by atoms with van der Waals surface area (Å²) >= 11 is 5.79. The van der Waals surface area contributed by atoms with E-state index in [-0.39, 0.29) is 6.29 Å². The first kappa shape index (κ1) is 14.2. The van der Waals surface area contributed by atoms with Crippen molar-refractivity contribution in [2.75, 3.05) is 19.8 Å². The van der Waals surface area contributed by atoms with Gasteiger partial charge in [-0.05, 0) is 31.5 Å². The quantitative estimate of drug-likeness (QED) is 0.554. The number of rotatable bonds is 7. The van der Waals surface area contributed by atoms with E-state index in [9.17, 15) is 0 Å². The Morgan fingerprint density at radius 3 is 2.29 bits per heavy atom. The fourth-order valence-electron chi connectivity index (χ4n) is 1.32. The molecule has 0 fully saturated rings. The van der Waals surface area contributed by atoms with Crippen molar-refractivity contribution in [3.8, 4) is 0 Å². The van der Waals surface area contributed by atoms with Crippen molar-refractivity contribution < 1.29 is 9.47 Å². The van der Waals surface area contributed by atoms with Crippen molar-refractivity contribution in [3.05, 3.63) is 34.9 Å². The van der Waals surface area contributed by atoms with Gasteiger partial charge in [0.05, 0.1) is 6.54 Å². The summed E-state index contributed by atoms with van der Waals surface area (Å²) < 4.78 is 10.8. The van der Waals surface area contributed by atoms with E-state index in [2.05, 4.69) is 4.99 Å². The molecular weight excluding hydrogens is 238 g/mol. The summed E-state index contributed by atoms with van der Waals surface area (Å²) in [7, 11) is 0. The molecule has 0 unspecified atom stereocenters. The van der Waals surface area contributed by atoms with Gasteiger partial charge < -0.3 is 9.47 Å². The molecule has 0 aliphatic heterocycles. The lowest BCUT2D eigenvalue weighted by Crippen LogP contribution is -2.20. The van der Waals surface area contributed by atoms with Crippen LogP contribution in [0.25, 0.3) is 0 Å². The number of hydrogen-bond acceptors (Lipinski definition) is 3. The second-order valence-corrected chi connectivity index (χ2v) is 3.82. The summed E-state index contributed by atoms with van der Waals surface area (Å²) in [5.74, 6) is 0. The number of ether oxygens (including phenoxy) is 2. The van der Waals surface area contributed by atoms with Crippen molar-refractivity contribution >= 4 is 17.8 Å². The monoisotopic (exact) mass is 255 g/mol. The molecule has 0 aliphatic rings. The minimum absolute atomic E-state index is 0.256. The molecule has 94 valence electrons. The fourth-order valence-corrected chi connectivity index (χ4v) is 1.44. The topological polar surface area (TPSA) is 30.8 Å². The third-order valence-corrected chi connectivity index (χ3v) is 2.32. The van der Waals surface area contributed by atoms with Crippen LogP contribution in [0.3, 0.4) is 0 Å². The molecule has 0 bridgehead atoms. The fraction of sp³-hybridized carbons (Fsp3) is 0.462. The van der Waals surface area contributed by atoms with Gasteiger partial charge in [0.1, 0.15) is 0 Å². The van der Waals surface area contributed by atoms with Gasteiger partial charge in [-0.1, -0.05) is 23.7 Å². The van der Waals surface area contributed by atoms with E-state index in [1.54, 1.807) is 6.21 Å². The molecule has 0 aromatic heterocycles. The Morgan fingerprint density at radius 1 is 1.18 bits per heavy atom. The predicted octanol–water partition coefficient (Wildman–Crippen LogP) is 3.16. The van der Waals surface area contributed by atoms with Crippen molar-refractivity contribution in [2.24, 2.45) is 4.99 Å². The molecular formula is C13H18ClNO2. The number of aliphatic imine (C=N–C) groups is 1. The van der Waals surface area contributed by atoms with Gasteiger partial charge in [-0.15, -0.1) is 0 Å². The Morgan fingerprint density at radius 2 is 1.76 bits per heavy atom. The highest BCUT2D eigenvalue weighted by atomic mass is 35.5. The maximum Gasteiger partial charge on any atom is 0.176 e. The zero-order valence-corrected chi connectivity index (χ0v) is 11.0. The minimum atomic E-state index is -0.256. The third kappa shape index (κ3) is 5.82. The summed E-state index contributed by atoms with van der Waals surface area (Å²) in [6.45, 7) is 5.64. The molecule has 1 aromatic rings. The van der Waals surface area contributed by atoms with E-state index in [0.717, 1.165) is 10.6 Å². The van der Waals surface area contributed by atoms with E-state index in [4.69, 9.17) is 21.1 Å². The number of benzene rings is 1. The molecule has 17 heavy (non-hydrogen) atoms. The smallest absolute Gasteiger partial charge is 0.176 e. The highest BCUT2D eigenvalue weighted by Crippen LogP contribution is 2.08. The third-order valence-electron chi connectivity index (χ3n) is 2.07. The molecule has 0 aliphatic carbocycles. The molecule has 0 saturated carbocycles. The molecule has 1 aromatic carbocycles. The highest BCUT2D eigenvalue weighted by Gasteiger charge is 2.05. The van der Waals surface area contributed by atoms with Crippen molar-refractivity contribution in [2.45, 2.75) is 20.1 Å². The Bertz CT molecular complexity index is 332. The van der Waals surface area contributed by atoms with Gasteiger partial charge >= 0.3 is 0 Å². The molecule has 0 heterocycles. The van der Waals surface area contributed by atoms with Gasteiger partial charge in [-0.25, -0.2) is 0 Å². The largest absolute Gasteiger partial charge is 0.351 e. The molecule has 0 atom stereocenters. The number of nitrogens with zero attached hydrogens (tertiary/aromatic N) is 1. The van der Waals surface area contributed by atoms with Crippen LogP contribution in [0.4, 0.5) is 0 Å². The summed E-state index contributed by atoms with van der Waals surface area (Å²) in [6.07, 6.45) is 1.54. The first-order valence-electron chi connectivity index (χ1n) is 5.74. The molecule has 0 saturated heterocycles. The van der Waals surface area contributed by atoms with Gasteiger partial charge in [0.2, 0.25) is 0 Å². The Labute approximate surface area is 107 Å². The number of halogens is 1. The lowest BCUT2D eigenvalue weighted by Gasteiger charge is -2.13.